The number of benzene rings is 2. The summed E-state index contributed by atoms with van der Waals surface area (Å²) in [6.07, 6.45) is 7.08. The molecule has 252 valence electrons. The smallest absolute Gasteiger partial charge is 0.282 e. The molecule has 0 spiro atoms. The summed E-state index contributed by atoms with van der Waals surface area (Å²) in [5.41, 5.74) is 1.08. The number of dihydropyridines is 1. The van der Waals surface area contributed by atoms with Crippen LogP contribution >= 0.6 is 11.6 Å². The Labute approximate surface area is 287 Å². The van der Waals surface area contributed by atoms with Gasteiger partial charge in [-0.15, -0.1) is 0 Å². The molecule has 3 atom stereocenters. The van der Waals surface area contributed by atoms with Gasteiger partial charge in [0, 0.05) is 42.2 Å². The average Bonchev–Trinajstić information content (AvgIpc) is 3.68. The Hall–Kier alpha value is -4.58. The Morgan fingerprint density at radius 2 is 1.88 bits per heavy atom. The Balaban J connectivity index is 1.31. The van der Waals surface area contributed by atoms with Gasteiger partial charge in [-0.1, -0.05) is 42.4 Å². The van der Waals surface area contributed by atoms with Gasteiger partial charge in [-0.2, -0.15) is 10.5 Å². The van der Waals surface area contributed by atoms with Gasteiger partial charge in [0.15, 0.2) is 5.83 Å². The molecule has 3 saturated heterocycles. The topological polar surface area (TPSA) is 96.0 Å². The number of hydrogen-bond acceptors (Lipinski definition) is 7. The second-order valence-electron chi connectivity index (χ2n) is 13.3. The molecule has 0 radical (unpaired) electrons. The highest BCUT2D eigenvalue weighted by Crippen LogP contribution is 2.45. The number of nitrogens with zero attached hydrogens (tertiary/aromatic N) is 6. The zero-order chi connectivity index (χ0) is 34.4. The van der Waals surface area contributed by atoms with E-state index in [4.69, 9.17) is 21.3 Å². The number of rotatable bonds is 6. The van der Waals surface area contributed by atoms with Crippen molar-refractivity contribution in [3.63, 3.8) is 0 Å². The lowest BCUT2D eigenvalue weighted by atomic mass is 9.81. The number of carbonyl (C=O) groups excluding carboxylic acids is 1. The summed E-state index contributed by atoms with van der Waals surface area (Å²) in [6, 6.07) is 11.0. The van der Waals surface area contributed by atoms with E-state index in [2.05, 4.69) is 23.6 Å². The minimum absolute atomic E-state index is 0.0620. The average molecular weight is 687 g/mol. The molecule has 5 aliphatic rings. The minimum Gasteiger partial charge on any atom is -0.475 e. The molecular weight excluding hydrogens is 653 g/mol. The summed E-state index contributed by atoms with van der Waals surface area (Å²) in [7, 11) is 0. The first-order chi connectivity index (χ1) is 23.7. The number of allylic oxidation sites excluding steroid dienone is 2. The standard InChI is InChI=1S/C37H34ClF3N6O2/c1-22(39)36(48)47-16-15-45(20-24(47)9-12-42)34-27-17-30(41)26(25-6-2-5-23-7-8-29(40)33(38)32(23)25)18-31(27)44-35(28(34)19-43)49-21-37-10-3-13-46(37)14-4-11-37/h2,5-8,17-18,24,27,31H,1,3-4,9-11,13-16,20-21H2/t24-,27?,31?/m0/s1. The van der Waals surface area contributed by atoms with Crippen LogP contribution in [0.5, 0.6) is 0 Å². The lowest BCUT2D eigenvalue weighted by Crippen LogP contribution is -2.56. The molecule has 2 unspecified atom stereocenters. The van der Waals surface area contributed by atoms with Crippen molar-refractivity contribution in [3.8, 4) is 12.1 Å². The van der Waals surface area contributed by atoms with Gasteiger partial charge in [-0.05, 0) is 67.9 Å². The van der Waals surface area contributed by atoms with Gasteiger partial charge in [-0.25, -0.2) is 18.2 Å². The summed E-state index contributed by atoms with van der Waals surface area (Å²) < 4.78 is 51.5. The zero-order valence-electron chi connectivity index (χ0n) is 26.8. The molecule has 0 N–H and O–H groups in total. The van der Waals surface area contributed by atoms with E-state index >= 15 is 4.39 Å². The molecule has 49 heavy (non-hydrogen) atoms. The Morgan fingerprint density at radius 3 is 2.59 bits per heavy atom. The predicted molar refractivity (Wildman–Crippen MR) is 180 cm³/mol. The highest BCUT2D eigenvalue weighted by molar-refractivity contribution is 6.36. The highest BCUT2D eigenvalue weighted by Gasteiger charge is 2.47. The first-order valence-corrected chi connectivity index (χ1v) is 16.9. The quantitative estimate of drug-likeness (QED) is 0.318. The van der Waals surface area contributed by atoms with E-state index in [1.54, 1.807) is 30.3 Å². The van der Waals surface area contributed by atoms with E-state index in [1.165, 1.54) is 17.0 Å². The van der Waals surface area contributed by atoms with Crippen LogP contribution in [0.3, 0.4) is 0 Å². The van der Waals surface area contributed by atoms with Gasteiger partial charge in [0.25, 0.3) is 5.91 Å². The molecule has 8 nitrogen and oxygen atoms in total. The van der Waals surface area contributed by atoms with Crippen molar-refractivity contribution in [2.75, 3.05) is 39.3 Å². The third kappa shape index (κ3) is 5.69. The minimum atomic E-state index is -1.12. The van der Waals surface area contributed by atoms with Crippen LogP contribution in [-0.4, -0.2) is 83.5 Å². The van der Waals surface area contributed by atoms with Crippen molar-refractivity contribution < 1.29 is 22.7 Å². The number of carbonyl (C=O) groups is 1. The number of aliphatic imine (C=N–C) groups is 1. The molecule has 3 fully saturated rings. The molecule has 0 bridgehead atoms. The monoisotopic (exact) mass is 686 g/mol. The SMILES string of the molecule is C=C(F)C(=O)N1CCN(C2=C(C#N)C(OCC34CCCN3CCC4)=NC3C=C(c4cccc5ccc(F)c(Cl)c45)C(F)=CC23)C[C@@H]1CC#N. The van der Waals surface area contributed by atoms with Gasteiger partial charge in [-0.3, -0.25) is 9.69 Å². The summed E-state index contributed by atoms with van der Waals surface area (Å²) in [5, 5.41) is 21.1. The summed E-state index contributed by atoms with van der Waals surface area (Å²) in [6.45, 7) is 5.83. The van der Waals surface area contributed by atoms with Crippen LogP contribution in [0.25, 0.3) is 16.3 Å². The van der Waals surface area contributed by atoms with Crippen LogP contribution in [0.15, 0.2) is 77.0 Å². The maximum atomic E-state index is 16.4. The molecule has 1 aliphatic carbocycles. The van der Waals surface area contributed by atoms with E-state index in [-0.39, 0.29) is 53.7 Å². The van der Waals surface area contributed by atoms with Crippen molar-refractivity contribution in [2.24, 2.45) is 10.9 Å². The largest absolute Gasteiger partial charge is 0.475 e. The lowest BCUT2D eigenvalue weighted by Gasteiger charge is -2.45. The fourth-order valence-electron chi connectivity index (χ4n) is 8.31. The molecule has 0 aromatic heterocycles. The third-order valence-electron chi connectivity index (χ3n) is 10.6. The van der Waals surface area contributed by atoms with Gasteiger partial charge in [0.05, 0.1) is 35.1 Å². The van der Waals surface area contributed by atoms with Crippen molar-refractivity contribution >= 4 is 39.8 Å². The predicted octanol–water partition coefficient (Wildman–Crippen LogP) is 6.61. The number of fused-ring (bicyclic) bond motifs is 3. The van der Waals surface area contributed by atoms with E-state index in [0.29, 0.717) is 28.6 Å². The number of amides is 1. The number of hydrogen-bond donors (Lipinski definition) is 0. The fourth-order valence-corrected chi connectivity index (χ4v) is 8.59. The Kier molecular flexibility index (Phi) is 8.76. The van der Waals surface area contributed by atoms with Crippen molar-refractivity contribution in [1.82, 2.24) is 14.7 Å². The molecule has 0 saturated carbocycles. The molecule has 4 aliphatic heterocycles. The van der Waals surface area contributed by atoms with Gasteiger partial charge >= 0.3 is 0 Å². The van der Waals surface area contributed by atoms with Gasteiger partial charge in [0.2, 0.25) is 5.90 Å². The van der Waals surface area contributed by atoms with Crippen LogP contribution in [0.2, 0.25) is 5.02 Å². The van der Waals surface area contributed by atoms with Gasteiger partial charge < -0.3 is 14.5 Å². The molecule has 2 aromatic carbocycles. The van der Waals surface area contributed by atoms with Crippen molar-refractivity contribution in [1.29, 1.82) is 10.5 Å². The van der Waals surface area contributed by atoms with Crippen LogP contribution in [-0.2, 0) is 9.53 Å². The van der Waals surface area contributed by atoms with Crippen molar-refractivity contribution in [3.05, 3.63) is 88.4 Å². The first kappa shape index (κ1) is 32.9. The summed E-state index contributed by atoms with van der Waals surface area (Å²) >= 11 is 6.44. The van der Waals surface area contributed by atoms with Crippen LogP contribution in [0.1, 0.15) is 37.7 Å². The molecular formula is C37H34ClF3N6O2. The van der Waals surface area contributed by atoms with E-state index in [9.17, 15) is 24.1 Å². The first-order valence-electron chi connectivity index (χ1n) is 16.5. The maximum Gasteiger partial charge on any atom is 0.282 e. The Morgan fingerprint density at radius 1 is 1.10 bits per heavy atom. The number of halogens is 4. The normalized spacial score (nSPS) is 24.8. The summed E-state index contributed by atoms with van der Waals surface area (Å²) in [5.74, 6) is -3.81. The van der Waals surface area contributed by atoms with E-state index in [0.717, 1.165) is 38.8 Å². The van der Waals surface area contributed by atoms with Crippen molar-refractivity contribution in [2.45, 2.75) is 49.7 Å². The zero-order valence-corrected chi connectivity index (χ0v) is 27.5. The number of piperazine rings is 1. The van der Waals surface area contributed by atoms with Crippen LogP contribution < -0.4 is 0 Å². The Bertz CT molecular complexity index is 1950. The number of ether oxygens (including phenoxy) is 1. The molecule has 2 aromatic rings. The number of nitriles is 2. The molecule has 4 heterocycles. The fraction of sp³-hybridized carbons (Fsp3) is 0.405. The van der Waals surface area contributed by atoms with Crippen LogP contribution in [0.4, 0.5) is 13.2 Å². The molecule has 1 amide bonds. The van der Waals surface area contributed by atoms with Gasteiger partial charge in [0.1, 0.15) is 29.9 Å². The molecule has 12 heteroatoms. The van der Waals surface area contributed by atoms with E-state index < -0.39 is 41.4 Å². The second kappa shape index (κ2) is 13.0. The second-order valence-corrected chi connectivity index (χ2v) is 13.6. The lowest BCUT2D eigenvalue weighted by molar-refractivity contribution is -0.133. The third-order valence-corrected chi connectivity index (χ3v) is 11.0. The maximum absolute atomic E-state index is 16.4. The van der Waals surface area contributed by atoms with Crippen LogP contribution in [0, 0.1) is 34.4 Å². The highest BCUT2D eigenvalue weighted by atomic mass is 35.5. The molecule has 7 rings (SSSR count). The van der Waals surface area contributed by atoms with E-state index in [1.807, 2.05) is 4.90 Å². The summed E-state index contributed by atoms with van der Waals surface area (Å²) in [4.78, 5) is 23.1.